The zero-order chi connectivity index (χ0) is 17.3. The minimum absolute atomic E-state index is 0. The monoisotopic (exact) mass is 360 g/mol. The van der Waals surface area contributed by atoms with E-state index >= 15 is 0 Å². The molecule has 0 radical (unpaired) electrons. The van der Waals surface area contributed by atoms with Gasteiger partial charge in [-0.1, -0.05) is 0 Å². The van der Waals surface area contributed by atoms with Crippen LogP contribution in [-0.4, -0.2) is 121 Å². The van der Waals surface area contributed by atoms with Crippen molar-refractivity contribution in [1.29, 1.82) is 0 Å². The number of ether oxygens (including phenoxy) is 3. The van der Waals surface area contributed by atoms with Crippen molar-refractivity contribution in [2.75, 3.05) is 13.2 Å². The van der Waals surface area contributed by atoms with Crippen LogP contribution >= 0.6 is 0 Å². The predicted molar refractivity (Wildman–Crippen MR) is 72.2 cm³/mol. The molecule has 2 aliphatic rings. The largest absolute Gasteiger partial charge is 0.412 e. The van der Waals surface area contributed by atoms with Crippen LogP contribution in [0, 0.1) is 0 Å². The van der Waals surface area contributed by atoms with E-state index < -0.39 is 74.6 Å². The Morgan fingerprint density at radius 2 is 1.25 bits per heavy atom. The van der Waals surface area contributed by atoms with Gasteiger partial charge in [0.15, 0.2) is 12.6 Å². The van der Waals surface area contributed by atoms with Crippen molar-refractivity contribution in [3.05, 3.63) is 0 Å². The van der Waals surface area contributed by atoms with E-state index in [1.807, 2.05) is 0 Å². The van der Waals surface area contributed by atoms with E-state index in [4.69, 9.17) is 19.3 Å². The van der Waals surface area contributed by atoms with Crippen molar-refractivity contribution in [2.24, 2.45) is 0 Å². The molecule has 12 heteroatoms. The molecule has 0 bridgehead atoms. The third-order valence-corrected chi connectivity index (χ3v) is 3.98. The summed E-state index contributed by atoms with van der Waals surface area (Å²) in [5, 5.41) is 76.5. The van der Waals surface area contributed by atoms with Crippen LogP contribution in [0.4, 0.5) is 0 Å². The number of rotatable bonds is 4. The van der Waals surface area contributed by atoms with E-state index in [0.717, 1.165) is 0 Å². The smallest absolute Gasteiger partial charge is 0.187 e. The number of aliphatic hydroxyl groups is 8. The van der Waals surface area contributed by atoms with Gasteiger partial charge in [-0.15, -0.1) is 0 Å². The Labute approximate surface area is 136 Å². The minimum atomic E-state index is -1.74. The van der Waals surface area contributed by atoms with Crippen LogP contribution in [0.5, 0.6) is 0 Å². The van der Waals surface area contributed by atoms with Gasteiger partial charge in [-0.05, 0) is 0 Å². The lowest BCUT2D eigenvalue weighted by Crippen LogP contribution is -2.64. The highest BCUT2D eigenvalue weighted by atomic mass is 16.7. The lowest BCUT2D eigenvalue weighted by atomic mass is 9.97. The molecule has 0 amide bonds. The fraction of sp³-hybridized carbons (Fsp3) is 1.00. The molecule has 2 heterocycles. The van der Waals surface area contributed by atoms with Gasteiger partial charge in [0.25, 0.3) is 0 Å². The van der Waals surface area contributed by atoms with E-state index in [0.29, 0.717) is 0 Å². The van der Waals surface area contributed by atoms with Gasteiger partial charge >= 0.3 is 0 Å². The SMILES string of the molecule is O.OC[C@H]1O[C@@H](O[C@H]2[C@H](O)[C@@H](O)C(O)O[C@@H]2CO)[C@H](O)[C@H](O)[C@H]1O. The summed E-state index contributed by atoms with van der Waals surface area (Å²) >= 11 is 0. The molecule has 2 fully saturated rings. The van der Waals surface area contributed by atoms with Crippen molar-refractivity contribution < 1.29 is 60.5 Å². The molecular formula is C12H24O12. The molecule has 10 N–H and O–H groups in total. The number of hydrogen-bond acceptors (Lipinski definition) is 11. The molecule has 12 nitrogen and oxygen atoms in total. The zero-order valence-electron chi connectivity index (χ0n) is 12.5. The summed E-state index contributed by atoms with van der Waals surface area (Å²) in [5.41, 5.74) is 0. The summed E-state index contributed by atoms with van der Waals surface area (Å²) in [6, 6.07) is 0. The van der Waals surface area contributed by atoms with Crippen LogP contribution in [0.2, 0.25) is 0 Å². The third-order valence-electron chi connectivity index (χ3n) is 3.98. The lowest BCUT2D eigenvalue weighted by molar-refractivity contribution is -0.355. The molecule has 1 unspecified atom stereocenters. The summed E-state index contributed by atoms with van der Waals surface area (Å²) in [7, 11) is 0. The van der Waals surface area contributed by atoms with Gasteiger partial charge in [0.1, 0.15) is 48.8 Å². The Morgan fingerprint density at radius 1 is 0.667 bits per heavy atom. The summed E-state index contributed by atoms with van der Waals surface area (Å²) < 4.78 is 15.3. The predicted octanol–water partition coefficient (Wildman–Crippen LogP) is -6.22. The summed E-state index contributed by atoms with van der Waals surface area (Å²) in [5.74, 6) is 0. The van der Waals surface area contributed by atoms with Crippen molar-refractivity contribution in [3.8, 4) is 0 Å². The number of aliphatic hydroxyl groups excluding tert-OH is 8. The van der Waals surface area contributed by atoms with E-state index in [-0.39, 0.29) is 5.48 Å². The molecule has 0 aromatic heterocycles. The van der Waals surface area contributed by atoms with Crippen LogP contribution in [0.3, 0.4) is 0 Å². The van der Waals surface area contributed by atoms with Crippen LogP contribution in [-0.2, 0) is 14.2 Å². The second-order valence-corrected chi connectivity index (χ2v) is 5.53. The average molecular weight is 360 g/mol. The average Bonchev–Trinajstić information content (AvgIpc) is 2.55. The van der Waals surface area contributed by atoms with Crippen LogP contribution in [0.15, 0.2) is 0 Å². The molecule has 0 spiro atoms. The molecule has 0 aliphatic carbocycles. The normalized spacial score (nSPS) is 49.5. The van der Waals surface area contributed by atoms with Crippen LogP contribution in [0.1, 0.15) is 0 Å². The Hall–Kier alpha value is -0.480. The first kappa shape index (κ1) is 21.6. The van der Waals surface area contributed by atoms with Crippen molar-refractivity contribution in [3.63, 3.8) is 0 Å². The molecule has 0 saturated carbocycles. The van der Waals surface area contributed by atoms with Crippen molar-refractivity contribution in [2.45, 2.75) is 61.4 Å². The Balaban J connectivity index is 0.00000288. The van der Waals surface area contributed by atoms with Crippen molar-refractivity contribution >= 4 is 0 Å². The second-order valence-electron chi connectivity index (χ2n) is 5.53. The lowest BCUT2D eigenvalue weighted by Gasteiger charge is -2.45. The maximum Gasteiger partial charge on any atom is 0.187 e. The highest BCUT2D eigenvalue weighted by molar-refractivity contribution is 4.93. The van der Waals surface area contributed by atoms with Gasteiger partial charge in [0, 0.05) is 0 Å². The van der Waals surface area contributed by atoms with Crippen molar-refractivity contribution in [1.82, 2.24) is 0 Å². The Morgan fingerprint density at radius 3 is 1.79 bits per heavy atom. The summed E-state index contributed by atoms with van der Waals surface area (Å²) in [6.07, 6.45) is -15.6. The first-order valence-corrected chi connectivity index (χ1v) is 7.08. The van der Waals surface area contributed by atoms with E-state index in [9.17, 15) is 35.7 Å². The molecule has 2 aliphatic heterocycles. The molecule has 2 saturated heterocycles. The first-order chi connectivity index (χ1) is 10.8. The third kappa shape index (κ3) is 4.01. The van der Waals surface area contributed by atoms with Crippen LogP contribution in [0.25, 0.3) is 0 Å². The topological polar surface area (TPSA) is 221 Å². The van der Waals surface area contributed by atoms with Gasteiger partial charge in [-0.25, -0.2) is 0 Å². The van der Waals surface area contributed by atoms with E-state index in [1.54, 1.807) is 0 Å². The first-order valence-electron chi connectivity index (χ1n) is 7.08. The maximum absolute atomic E-state index is 9.94. The summed E-state index contributed by atoms with van der Waals surface area (Å²) in [4.78, 5) is 0. The highest BCUT2D eigenvalue weighted by Crippen LogP contribution is 2.28. The standard InChI is InChI=1S/C12H22O11.H2O/c13-1-3-5(15)6(16)9(19)12(22-3)23-10-4(2-14)21-11(20)8(18)7(10)17;/h3-20H,1-2H2;1H2/t3-,4-,5+,6-,7-,8-,9-,10-,11?,12+;/m1./s1. The fourth-order valence-electron chi connectivity index (χ4n) is 2.57. The van der Waals surface area contributed by atoms with Gasteiger partial charge in [0.05, 0.1) is 13.2 Å². The summed E-state index contributed by atoms with van der Waals surface area (Å²) in [6.45, 7) is -1.35. The van der Waals surface area contributed by atoms with Gasteiger partial charge in [0.2, 0.25) is 0 Å². The zero-order valence-corrected chi connectivity index (χ0v) is 12.5. The van der Waals surface area contributed by atoms with Gasteiger partial charge in [-0.3, -0.25) is 0 Å². The maximum atomic E-state index is 9.94. The molecule has 24 heavy (non-hydrogen) atoms. The fourth-order valence-corrected chi connectivity index (χ4v) is 2.57. The molecule has 10 atom stereocenters. The molecule has 144 valence electrons. The van der Waals surface area contributed by atoms with E-state index in [2.05, 4.69) is 0 Å². The minimum Gasteiger partial charge on any atom is -0.412 e. The Kier molecular flexibility index (Phi) is 7.86. The number of hydrogen-bond donors (Lipinski definition) is 8. The molecule has 2 rings (SSSR count). The quantitative estimate of drug-likeness (QED) is 0.235. The van der Waals surface area contributed by atoms with E-state index in [1.165, 1.54) is 0 Å². The second kappa shape index (κ2) is 8.75. The highest BCUT2D eigenvalue weighted by Gasteiger charge is 2.50. The van der Waals surface area contributed by atoms with Gasteiger partial charge < -0.3 is 60.5 Å². The van der Waals surface area contributed by atoms with Crippen LogP contribution < -0.4 is 0 Å². The Bertz CT molecular complexity index is 379. The van der Waals surface area contributed by atoms with Gasteiger partial charge in [-0.2, -0.15) is 0 Å². The molecular weight excluding hydrogens is 336 g/mol. The molecule has 0 aromatic carbocycles. The molecule has 0 aromatic rings.